The number of H-pyrrole nitrogens is 2. The van der Waals surface area contributed by atoms with Crippen LogP contribution in [0.1, 0.15) is 39.0 Å². The monoisotopic (exact) mass is 486 g/mol. The molecule has 9 nitrogen and oxygen atoms in total. The first-order valence-corrected chi connectivity index (χ1v) is 12.1. The Balaban J connectivity index is 1.35. The summed E-state index contributed by atoms with van der Waals surface area (Å²) in [6.45, 7) is 3.77. The van der Waals surface area contributed by atoms with Gasteiger partial charge in [0.15, 0.2) is 4.77 Å². The lowest BCUT2D eigenvalue weighted by atomic mass is 9.96. The van der Waals surface area contributed by atoms with Gasteiger partial charge in [0.2, 0.25) is 5.91 Å². The summed E-state index contributed by atoms with van der Waals surface area (Å²) in [6, 6.07) is 5.57. The van der Waals surface area contributed by atoms with Gasteiger partial charge in [-0.2, -0.15) is 0 Å². The van der Waals surface area contributed by atoms with E-state index in [1.54, 1.807) is 18.6 Å². The highest BCUT2D eigenvalue weighted by molar-refractivity contribution is 7.71. The van der Waals surface area contributed by atoms with Gasteiger partial charge in [-0.05, 0) is 63.0 Å². The van der Waals surface area contributed by atoms with E-state index in [4.69, 9.17) is 21.7 Å². The summed E-state index contributed by atoms with van der Waals surface area (Å²) >= 11 is 5.46. The minimum Gasteiger partial charge on any atom is -0.497 e. The number of aromatic amines is 2. The summed E-state index contributed by atoms with van der Waals surface area (Å²) in [5.41, 5.74) is 1.79. The fourth-order valence-corrected chi connectivity index (χ4v) is 4.80. The molecule has 3 heterocycles. The van der Waals surface area contributed by atoms with Gasteiger partial charge < -0.3 is 24.3 Å². The fraction of sp³-hybridized carbons (Fsp3) is 0.500. The number of piperidine rings is 1. The molecule has 1 aromatic carbocycles. The Morgan fingerprint density at radius 1 is 1.15 bits per heavy atom. The Labute approximate surface area is 202 Å². The van der Waals surface area contributed by atoms with Crippen molar-refractivity contribution in [3.8, 4) is 5.75 Å². The van der Waals surface area contributed by atoms with Gasteiger partial charge in [0.05, 0.1) is 25.2 Å². The maximum absolute atomic E-state index is 13.1. The van der Waals surface area contributed by atoms with Crippen molar-refractivity contribution < 1.29 is 19.1 Å². The summed E-state index contributed by atoms with van der Waals surface area (Å²) < 4.78 is 12.3. The molecule has 2 aromatic heterocycles. The fourth-order valence-electron chi connectivity index (χ4n) is 4.52. The summed E-state index contributed by atoms with van der Waals surface area (Å²) in [7, 11) is 1.60. The summed E-state index contributed by atoms with van der Waals surface area (Å²) in [4.78, 5) is 45.7. The zero-order chi connectivity index (χ0) is 24.2. The minimum atomic E-state index is -0.179. The lowest BCUT2D eigenvalue weighted by Gasteiger charge is -2.31. The highest BCUT2D eigenvalue weighted by atomic mass is 32.1. The number of likely N-dealkylation sites (tertiary alicyclic amines) is 1. The molecular formula is C24H30N4O5S. The molecule has 0 saturated carbocycles. The van der Waals surface area contributed by atoms with Crippen LogP contribution in [0.2, 0.25) is 0 Å². The average molecular weight is 487 g/mol. The van der Waals surface area contributed by atoms with Gasteiger partial charge in [0, 0.05) is 37.0 Å². The second-order valence-electron chi connectivity index (χ2n) is 8.54. The number of ether oxygens (including phenoxy) is 2. The van der Waals surface area contributed by atoms with Crippen molar-refractivity contribution in [2.24, 2.45) is 5.92 Å². The number of rotatable bonds is 8. The Kier molecular flexibility index (Phi) is 7.35. The number of benzene rings is 1. The Morgan fingerprint density at radius 2 is 1.91 bits per heavy atom. The number of unbranched alkanes of at least 4 members (excludes halogenated alkanes) is 1. The van der Waals surface area contributed by atoms with Crippen LogP contribution in [0.4, 0.5) is 0 Å². The number of carbonyl (C=O) groups is 2. The molecule has 0 spiro atoms. The van der Waals surface area contributed by atoms with Crippen molar-refractivity contribution in [1.82, 2.24) is 19.4 Å². The Bertz CT molecular complexity index is 1320. The molecule has 1 amide bonds. The summed E-state index contributed by atoms with van der Waals surface area (Å²) in [6.07, 6.45) is 3.00. The predicted octanol–water partition coefficient (Wildman–Crippen LogP) is 3.52. The van der Waals surface area contributed by atoms with E-state index in [-0.39, 0.29) is 23.4 Å². The third-order valence-corrected chi connectivity index (χ3v) is 6.75. The number of esters is 1. The van der Waals surface area contributed by atoms with E-state index in [9.17, 15) is 14.4 Å². The molecule has 0 radical (unpaired) electrons. The first kappa shape index (κ1) is 24.0. The zero-order valence-electron chi connectivity index (χ0n) is 19.5. The second kappa shape index (κ2) is 10.4. The molecule has 1 fully saturated rings. The standard InChI is InChI=1S/C24H30N4O5S/c1-3-33-23(31)15-9-12-27(13-10-15)19(29)6-4-5-11-28-22(30)21-20(26-24(28)34)17-14-16(32-2)7-8-18(17)25-21/h7-8,14-15,25H,3-6,9-13H2,1-2H3,(H,26,34). The number of aromatic nitrogens is 3. The maximum Gasteiger partial charge on any atom is 0.309 e. The molecule has 182 valence electrons. The van der Waals surface area contributed by atoms with Crippen LogP contribution in [0.25, 0.3) is 21.9 Å². The number of methoxy groups -OCH3 is 1. The van der Waals surface area contributed by atoms with Crippen LogP contribution in [-0.2, 0) is 20.9 Å². The van der Waals surface area contributed by atoms with Gasteiger partial charge in [0.1, 0.15) is 11.3 Å². The molecule has 1 aliphatic rings. The second-order valence-corrected chi connectivity index (χ2v) is 8.92. The molecule has 0 aliphatic carbocycles. The van der Waals surface area contributed by atoms with Crippen LogP contribution in [0, 0.1) is 10.7 Å². The number of carbonyl (C=O) groups excluding carboxylic acids is 2. The molecule has 34 heavy (non-hydrogen) atoms. The van der Waals surface area contributed by atoms with Crippen LogP contribution in [0.5, 0.6) is 5.75 Å². The van der Waals surface area contributed by atoms with Crippen LogP contribution in [-0.4, -0.2) is 58.1 Å². The van der Waals surface area contributed by atoms with Gasteiger partial charge in [-0.3, -0.25) is 19.0 Å². The third-order valence-electron chi connectivity index (χ3n) is 6.43. The number of hydrogen-bond acceptors (Lipinski definition) is 6. The van der Waals surface area contributed by atoms with E-state index in [0.717, 1.165) is 10.9 Å². The number of nitrogens with zero attached hydrogens (tertiary/aromatic N) is 2. The van der Waals surface area contributed by atoms with Crippen molar-refractivity contribution >= 4 is 46.0 Å². The SMILES string of the molecule is CCOC(=O)C1CCN(C(=O)CCCCn2c(=S)[nH]c3c([nH]c4ccc(OC)cc43)c2=O)CC1. The molecule has 4 rings (SSSR count). The Hall–Kier alpha value is -3.14. The van der Waals surface area contributed by atoms with Crippen molar-refractivity contribution in [3.63, 3.8) is 0 Å². The highest BCUT2D eigenvalue weighted by Gasteiger charge is 2.27. The van der Waals surface area contributed by atoms with E-state index >= 15 is 0 Å². The number of hydrogen-bond donors (Lipinski definition) is 2. The normalized spacial score (nSPS) is 14.6. The van der Waals surface area contributed by atoms with Gasteiger partial charge >= 0.3 is 5.97 Å². The van der Waals surface area contributed by atoms with Gasteiger partial charge in [-0.1, -0.05) is 0 Å². The van der Waals surface area contributed by atoms with E-state index in [2.05, 4.69) is 9.97 Å². The van der Waals surface area contributed by atoms with Crippen molar-refractivity contribution in [2.75, 3.05) is 26.8 Å². The quantitative estimate of drug-likeness (QED) is 0.286. The van der Waals surface area contributed by atoms with Crippen LogP contribution in [0.3, 0.4) is 0 Å². The smallest absolute Gasteiger partial charge is 0.309 e. The molecule has 3 aromatic rings. The van der Waals surface area contributed by atoms with Gasteiger partial charge in [-0.15, -0.1) is 0 Å². The van der Waals surface area contributed by atoms with Gasteiger partial charge in [-0.25, -0.2) is 0 Å². The molecule has 0 bridgehead atoms. The topological polar surface area (TPSA) is 109 Å². The zero-order valence-corrected chi connectivity index (χ0v) is 20.3. The summed E-state index contributed by atoms with van der Waals surface area (Å²) in [5.74, 6) is 0.507. The maximum atomic E-state index is 13.1. The average Bonchev–Trinajstić information content (AvgIpc) is 3.21. The first-order valence-electron chi connectivity index (χ1n) is 11.7. The van der Waals surface area contributed by atoms with Gasteiger partial charge in [0.25, 0.3) is 5.56 Å². The molecular weight excluding hydrogens is 456 g/mol. The van der Waals surface area contributed by atoms with Crippen molar-refractivity contribution in [3.05, 3.63) is 33.3 Å². The molecule has 1 saturated heterocycles. The number of amides is 1. The molecule has 2 N–H and O–H groups in total. The van der Waals surface area contributed by atoms with E-state index < -0.39 is 0 Å². The van der Waals surface area contributed by atoms with Crippen LogP contribution >= 0.6 is 12.2 Å². The third kappa shape index (κ3) is 4.86. The molecule has 10 heteroatoms. The van der Waals surface area contributed by atoms with E-state index in [0.29, 0.717) is 79.9 Å². The highest BCUT2D eigenvalue weighted by Crippen LogP contribution is 2.26. The number of fused-ring (bicyclic) bond motifs is 3. The molecule has 0 unspecified atom stereocenters. The largest absolute Gasteiger partial charge is 0.497 e. The van der Waals surface area contributed by atoms with Crippen molar-refractivity contribution in [1.29, 1.82) is 0 Å². The predicted molar refractivity (Wildman–Crippen MR) is 132 cm³/mol. The summed E-state index contributed by atoms with van der Waals surface area (Å²) in [5, 5.41) is 0.849. The van der Waals surface area contributed by atoms with Crippen LogP contribution in [0.15, 0.2) is 23.0 Å². The lowest BCUT2D eigenvalue weighted by molar-refractivity contribution is -0.151. The molecule has 0 atom stereocenters. The molecule has 1 aliphatic heterocycles. The Morgan fingerprint density at radius 3 is 2.62 bits per heavy atom. The van der Waals surface area contributed by atoms with Crippen LogP contribution < -0.4 is 10.3 Å². The van der Waals surface area contributed by atoms with E-state index in [1.165, 1.54) is 0 Å². The first-order chi connectivity index (χ1) is 16.4. The lowest BCUT2D eigenvalue weighted by Crippen LogP contribution is -2.40. The van der Waals surface area contributed by atoms with E-state index in [1.807, 2.05) is 23.1 Å². The van der Waals surface area contributed by atoms with Crippen molar-refractivity contribution in [2.45, 2.75) is 45.6 Å². The number of nitrogens with one attached hydrogen (secondary N) is 2. The minimum absolute atomic E-state index is 0.0832.